The van der Waals surface area contributed by atoms with Crippen LogP contribution in [0.2, 0.25) is 0 Å². The van der Waals surface area contributed by atoms with Gasteiger partial charge in [0.2, 0.25) is 0 Å². The molecule has 1 N–H and O–H groups in total. The molecule has 21 heavy (non-hydrogen) atoms. The lowest BCUT2D eigenvalue weighted by atomic mass is 10.1. The molecule has 2 aromatic rings. The predicted molar refractivity (Wildman–Crippen MR) is 90.2 cm³/mol. The second-order valence-corrected chi connectivity index (χ2v) is 6.58. The van der Waals surface area contributed by atoms with Crippen molar-refractivity contribution in [3.8, 4) is 0 Å². The van der Waals surface area contributed by atoms with Gasteiger partial charge in [-0.15, -0.1) is 11.3 Å². The van der Waals surface area contributed by atoms with E-state index in [0.29, 0.717) is 5.92 Å². The van der Waals surface area contributed by atoms with Crippen molar-refractivity contribution in [1.82, 2.24) is 15.3 Å². The van der Waals surface area contributed by atoms with Gasteiger partial charge in [0.15, 0.2) is 5.13 Å². The number of pyridine rings is 1. The van der Waals surface area contributed by atoms with E-state index >= 15 is 0 Å². The first-order chi connectivity index (χ1) is 10.1. The lowest BCUT2D eigenvalue weighted by Gasteiger charge is -2.15. The Morgan fingerprint density at radius 3 is 2.62 bits per heavy atom. The van der Waals surface area contributed by atoms with Gasteiger partial charge in [-0.3, -0.25) is 4.98 Å². The standard InChI is InChI=1S/C16H24N4S/c1-12(2)15-14(11-17-3)21-16(19-15)20(4)10-7-13-5-8-18-9-6-13/h5-6,8-9,12,17H,7,10-11H2,1-4H3. The Balaban J connectivity index is 2.05. The average Bonchev–Trinajstić information content (AvgIpc) is 2.90. The number of anilines is 1. The maximum atomic E-state index is 4.83. The molecule has 0 fully saturated rings. The molecular weight excluding hydrogens is 280 g/mol. The fourth-order valence-corrected chi connectivity index (χ4v) is 3.41. The van der Waals surface area contributed by atoms with E-state index in [1.807, 2.05) is 19.4 Å². The summed E-state index contributed by atoms with van der Waals surface area (Å²) in [6.45, 7) is 6.27. The minimum atomic E-state index is 0.465. The number of nitrogens with zero attached hydrogens (tertiary/aromatic N) is 3. The molecule has 4 nitrogen and oxygen atoms in total. The highest BCUT2D eigenvalue weighted by Gasteiger charge is 2.15. The van der Waals surface area contributed by atoms with E-state index in [-0.39, 0.29) is 0 Å². The van der Waals surface area contributed by atoms with Crippen molar-refractivity contribution in [1.29, 1.82) is 0 Å². The van der Waals surface area contributed by atoms with Gasteiger partial charge in [0, 0.05) is 37.4 Å². The minimum Gasteiger partial charge on any atom is -0.351 e. The van der Waals surface area contributed by atoms with Crippen LogP contribution in [0.3, 0.4) is 0 Å². The van der Waals surface area contributed by atoms with Crippen LogP contribution in [0.5, 0.6) is 0 Å². The highest BCUT2D eigenvalue weighted by Crippen LogP contribution is 2.30. The first-order valence-electron chi connectivity index (χ1n) is 7.36. The first-order valence-corrected chi connectivity index (χ1v) is 8.17. The third kappa shape index (κ3) is 4.25. The smallest absolute Gasteiger partial charge is 0.185 e. The Hall–Kier alpha value is -1.46. The number of rotatable bonds is 7. The lowest BCUT2D eigenvalue weighted by Crippen LogP contribution is -2.20. The third-order valence-corrected chi connectivity index (χ3v) is 4.60. The molecule has 0 atom stereocenters. The number of aromatic nitrogens is 2. The van der Waals surface area contributed by atoms with Gasteiger partial charge < -0.3 is 10.2 Å². The highest BCUT2D eigenvalue weighted by atomic mass is 32.1. The quantitative estimate of drug-likeness (QED) is 0.853. The number of nitrogens with one attached hydrogen (secondary N) is 1. The molecule has 2 rings (SSSR count). The topological polar surface area (TPSA) is 41.0 Å². The molecule has 0 saturated heterocycles. The molecule has 114 valence electrons. The normalized spacial score (nSPS) is 11.1. The molecule has 0 aliphatic rings. The van der Waals surface area contributed by atoms with Gasteiger partial charge in [-0.05, 0) is 37.1 Å². The number of hydrogen-bond donors (Lipinski definition) is 1. The van der Waals surface area contributed by atoms with Crippen LogP contribution < -0.4 is 10.2 Å². The zero-order valence-electron chi connectivity index (χ0n) is 13.3. The monoisotopic (exact) mass is 304 g/mol. The van der Waals surface area contributed by atoms with Gasteiger partial charge in [-0.2, -0.15) is 0 Å². The van der Waals surface area contributed by atoms with Crippen molar-refractivity contribution >= 4 is 16.5 Å². The van der Waals surface area contributed by atoms with E-state index < -0.39 is 0 Å². The lowest BCUT2D eigenvalue weighted by molar-refractivity contribution is 0.767. The van der Waals surface area contributed by atoms with Gasteiger partial charge in [0.25, 0.3) is 0 Å². The summed E-state index contributed by atoms with van der Waals surface area (Å²) in [5.41, 5.74) is 2.54. The summed E-state index contributed by atoms with van der Waals surface area (Å²) in [7, 11) is 4.10. The van der Waals surface area contributed by atoms with E-state index in [1.54, 1.807) is 11.3 Å². The molecule has 5 heteroatoms. The maximum Gasteiger partial charge on any atom is 0.185 e. The van der Waals surface area contributed by atoms with Crippen LogP contribution in [0.25, 0.3) is 0 Å². The van der Waals surface area contributed by atoms with E-state index in [2.05, 4.69) is 48.2 Å². The Kier molecular flexibility index (Phi) is 5.70. The third-order valence-electron chi connectivity index (χ3n) is 3.41. The predicted octanol–water partition coefficient (Wildman–Crippen LogP) is 3.06. The molecule has 0 spiro atoms. The summed E-state index contributed by atoms with van der Waals surface area (Å²) in [6.07, 6.45) is 4.71. The zero-order valence-corrected chi connectivity index (χ0v) is 14.1. The molecule has 0 bridgehead atoms. The fourth-order valence-electron chi connectivity index (χ4n) is 2.19. The van der Waals surface area contributed by atoms with Crippen molar-refractivity contribution in [2.45, 2.75) is 32.7 Å². The summed E-state index contributed by atoms with van der Waals surface area (Å²) in [5.74, 6) is 0.465. The molecule has 0 aliphatic heterocycles. The molecule has 0 unspecified atom stereocenters. The van der Waals surface area contributed by atoms with E-state index in [1.165, 1.54) is 16.1 Å². The second-order valence-electron chi connectivity index (χ2n) is 5.52. The summed E-state index contributed by atoms with van der Waals surface area (Å²) < 4.78 is 0. The Morgan fingerprint density at radius 2 is 2.00 bits per heavy atom. The minimum absolute atomic E-state index is 0.465. The Bertz CT molecular complexity index is 551. The molecule has 0 amide bonds. The van der Waals surface area contributed by atoms with Gasteiger partial charge >= 0.3 is 0 Å². The average molecular weight is 304 g/mol. The largest absolute Gasteiger partial charge is 0.351 e. The van der Waals surface area contributed by atoms with Crippen LogP contribution in [-0.2, 0) is 13.0 Å². The number of likely N-dealkylation sites (N-methyl/N-ethyl adjacent to an activating group) is 1. The molecule has 0 radical (unpaired) electrons. The van der Waals surface area contributed by atoms with Crippen LogP contribution in [0.1, 0.15) is 35.9 Å². The maximum absolute atomic E-state index is 4.83. The summed E-state index contributed by atoms with van der Waals surface area (Å²) in [5, 5.41) is 4.34. The summed E-state index contributed by atoms with van der Waals surface area (Å²) >= 11 is 1.80. The number of hydrogen-bond acceptors (Lipinski definition) is 5. The zero-order chi connectivity index (χ0) is 15.2. The summed E-state index contributed by atoms with van der Waals surface area (Å²) in [4.78, 5) is 12.5. The highest BCUT2D eigenvalue weighted by molar-refractivity contribution is 7.15. The molecular formula is C16H24N4S. The SMILES string of the molecule is CNCc1sc(N(C)CCc2ccncc2)nc1C(C)C. The van der Waals surface area contributed by atoms with Crippen LogP contribution in [0, 0.1) is 0 Å². The van der Waals surface area contributed by atoms with Crippen LogP contribution in [-0.4, -0.2) is 30.6 Å². The molecule has 0 aromatic carbocycles. The molecule has 0 saturated carbocycles. The second kappa shape index (κ2) is 7.52. The van der Waals surface area contributed by atoms with E-state index in [0.717, 1.165) is 24.6 Å². The summed E-state index contributed by atoms with van der Waals surface area (Å²) in [6, 6.07) is 4.14. The van der Waals surface area contributed by atoms with Crippen LogP contribution in [0.4, 0.5) is 5.13 Å². The molecule has 2 aromatic heterocycles. The Labute approximate surface area is 131 Å². The van der Waals surface area contributed by atoms with Crippen LogP contribution in [0.15, 0.2) is 24.5 Å². The van der Waals surface area contributed by atoms with Crippen molar-refractivity contribution in [3.63, 3.8) is 0 Å². The first kappa shape index (κ1) is 15.9. The van der Waals surface area contributed by atoms with Gasteiger partial charge in [0.05, 0.1) is 5.69 Å². The van der Waals surface area contributed by atoms with Crippen molar-refractivity contribution in [3.05, 3.63) is 40.7 Å². The van der Waals surface area contributed by atoms with Gasteiger partial charge in [0.1, 0.15) is 0 Å². The van der Waals surface area contributed by atoms with Crippen molar-refractivity contribution in [2.75, 3.05) is 25.5 Å². The fraction of sp³-hybridized carbons (Fsp3) is 0.500. The molecule has 0 aliphatic carbocycles. The van der Waals surface area contributed by atoms with E-state index in [4.69, 9.17) is 4.98 Å². The van der Waals surface area contributed by atoms with Crippen molar-refractivity contribution in [2.24, 2.45) is 0 Å². The Morgan fingerprint density at radius 1 is 1.29 bits per heavy atom. The van der Waals surface area contributed by atoms with Crippen LogP contribution >= 0.6 is 11.3 Å². The number of thiazole rings is 1. The van der Waals surface area contributed by atoms with Gasteiger partial charge in [-0.25, -0.2) is 4.98 Å². The van der Waals surface area contributed by atoms with Crippen molar-refractivity contribution < 1.29 is 0 Å². The van der Waals surface area contributed by atoms with E-state index in [9.17, 15) is 0 Å². The van der Waals surface area contributed by atoms with Gasteiger partial charge in [-0.1, -0.05) is 13.8 Å². The molecule has 2 heterocycles.